The SMILES string of the molecule is C[C@@H](OC(=O)c1cc([N+](=O)[O-])ccc1NCCO)C(=O)Nc1cc(Cl)ccc1Cl. The van der Waals surface area contributed by atoms with Crippen LogP contribution in [0.5, 0.6) is 0 Å². The first-order chi connectivity index (χ1) is 13.7. The Morgan fingerprint density at radius 2 is 1.93 bits per heavy atom. The van der Waals surface area contributed by atoms with Crippen LogP contribution in [0.3, 0.4) is 0 Å². The molecule has 0 bridgehead atoms. The van der Waals surface area contributed by atoms with Gasteiger partial charge in [-0.2, -0.15) is 0 Å². The minimum absolute atomic E-state index is 0.112. The van der Waals surface area contributed by atoms with Crippen LogP contribution >= 0.6 is 23.2 Å². The normalized spacial score (nSPS) is 11.4. The number of hydrogen-bond acceptors (Lipinski definition) is 7. The number of anilines is 2. The quantitative estimate of drug-likeness (QED) is 0.324. The van der Waals surface area contributed by atoms with Crippen LogP contribution in [0, 0.1) is 10.1 Å². The van der Waals surface area contributed by atoms with E-state index in [0.717, 1.165) is 6.07 Å². The Hall–Kier alpha value is -2.88. The molecule has 0 aliphatic rings. The molecule has 2 aromatic rings. The van der Waals surface area contributed by atoms with E-state index in [0.29, 0.717) is 5.02 Å². The second kappa shape index (κ2) is 10.1. The first-order valence-corrected chi connectivity index (χ1v) is 9.08. The molecule has 0 radical (unpaired) electrons. The summed E-state index contributed by atoms with van der Waals surface area (Å²) in [5, 5.41) is 25.8. The third-order valence-corrected chi connectivity index (χ3v) is 4.27. The summed E-state index contributed by atoms with van der Waals surface area (Å²) < 4.78 is 5.14. The summed E-state index contributed by atoms with van der Waals surface area (Å²) in [5.41, 5.74) is -0.00439. The van der Waals surface area contributed by atoms with Gasteiger partial charge in [-0.3, -0.25) is 14.9 Å². The molecule has 0 saturated heterocycles. The number of halogens is 2. The minimum Gasteiger partial charge on any atom is -0.449 e. The predicted molar refractivity (Wildman–Crippen MR) is 109 cm³/mol. The number of nitro benzene ring substituents is 1. The molecule has 0 aliphatic carbocycles. The van der Waals surface area contributed by atoms with Crippen LogP contribution < -0.4 is 10.6 Å². The van der Waals surface area contributed by atoms with Gasteiger partial charge in [0.05, 0.1) is 27.8 Å². The van der Waals surface area contributed by atoms with Crippen molar-refractivity contribution in [3.8, 4) is 0 Å². The van der Waals surface area contributed by atoms with Gasteiger partial charge < -0.3 is 20.5 Å². The summed E-state index contributed by atoms with van der Waals surface area (Å²) in [5.74, 6) is -1.62. The van der Waals surface area contributed by atoms with E-state index in [1.165, 1.54) is 31.2 Å². The summed E-state index contributed by atoms with van der Waals surface area (Å²) in [7, 11) is 0. The number of esters is 1. The maximum absolute atomic E-state index is 12.5. The molecule has 0 aromatic heterocycles. The fourth-order valence-corrected chi connectivity index (χ4v) is 2.60. The number of carbonyl (C=O) groups is 2. The Bertz CT molecular complexity index is 938. The van der Waals surface area contributed by atoms with Gasteiger partial charge in [0, 0.05) is 29.4 Å². The number of aliphatic hydroxyl groups excluding tert-OH is 1. The Balaban J connectivity index is 2.17. The van der Waals surface area contributed by atoms with Crippen molar-refractivity contribution >= 4 is 52.1 Å². The molecule has 1 amide bonds. The highest BCUT2D eigenvalue weighted by Crippen LogP contribution is 2.26. The monoisotopic (exact) mass is 441 g/mol. The molecular formula is C18H17Cl2N3O6. The van der Waals surface area contributed by atoms with Crippen molar-refractivity contribution < 1.29 is 24.4 Å². The fourth-order valence-electron chi connectivity index (χ4n) is 2.26. The van der Waals surface area contributed by atoms with Crippen LogP contribution in [0.15, 0.2) is 36.4 Å². The molecule has 0 spiro atoms. The molecule has 9 nitrogen and oxygen atoms in total. The van der Waals surface area contributed by atoms with Crippen molar-refractivity contribution in [2.45, 2.75) is 13.0 Å². The van der Waals surface area contributed by atoms with Crippen molar-refractivity contribution in [2.75, 3.05) is 23.8 Å². The van der Waals surface area contributed by atoms with Gasteiger partial charge in [0.15, 0.2) is 6.10 Å². The van der Waals surface area contributed by atoms with E-state index < -0.39 is 22.9 Å². The molecule has 0 unspecified atom stereocenters. The molecule has 29 heavy (non-hydrogen) atoms. The zero-order valence-electron chi connectivity index (χ0n) is 15.1. The van der Waals surface area contributed by atoms with Gasteiger partial charge in [-0.1, -0.05) is 23.2 Å². The van der Waals surface area contributed by atoms with E-state index in [-0.39, 0.29) is 40.8 Å². The lowest BCUT2D eigenvalue weighted by atomic mass is 10.1. The fraction of sp³-hybridized carbons (Fsp3) is 0.222. The summed E-state index contributed by atoms with van der Waals surface area (Å²) in [6.07, 6.45) is -1.23. The lowest BCUT2D eigenvalue weighted by Crippen LogP contribution is -2.30. The Labute approximate surface area is 175 Å². The number of ether oxygens (including phenoxy) is 1. The number of benzene rings is 2. The molecule has 0 aliphatic heterocycles. The molecule has 1 atom stereocenters. The van der Waals surface area contributed by atoms with Gasteiger partial charge in [0.2, 0.25) is 0 Å². The average molecular weight is 442 g/mol. The summed E-state index contributed by atoms with van der Waals surface area (Å²) in [4.78, 5) is 35.2. The van der Waals surface area contributed by atoms with Crippen LogP contribution in [0.4, 0.5) is 17.1 Å². The van der Waals surface area contributed by atoms with Crippen molar-refractivity contribution in [1.82, 2.24) is 0 Å². The number of rotatable bonds is 8. The lowest BCUT2D eigenvalue weighted by Gasteiger charge is -2.16. The highest BCUT2D eigenvalue weighted by Gasteiger charge is 2.23. The molecule has 2 rings (SSSR count). The second-order valence-electron chi connectivity index (χ2n) is 5.80. The van der Waals surface area contributed by atoms with Crippen LogP contribution in [0.2, 0.25) is 10.0 Å². The summed E-state index contributed by atoms with van der Waals surface area (Å²) >= 11 is 11.9. The van der Waals surface area contributed by atoms with E-state index >= 15 is 0 Å². The van der Waals surface area contributed by atoms with Gasteiger partial charge in [-0.15, -0.1) is 0 Å². The molecule has 0 saturated carbocycles. The van der Waals surface area contributed by atoms with Crippen LogP contribution in [0.1, 0.15) is 17.3 Å². The topological polar surface area (TPSA) is 131 Å². The zero-order valence-corrected chi connectivity index (χ0v) is 16.7. The van der Waals surface area contributed by atoms with Crippen LogP contribution in [-0.2, 0) is 9.53 Å². The van der Waals surface area contributed by atoms with Crippen LogP contribution in [0.25, 0.3) is 0 Å². The number of hydrogen-bond donors (Lipinski definition) is 3. The van der Waals surface area contributed by atoms with Gasteiger partial charge in [0.25, 0.3) is 11.6 Å². The van der Waals surface area contributed by atoms with Crippen LogP contribution in [-0.4, -0.2) is 41.2 Å². The van der Waals surface area contributed by atoms with Gasteiger partial charge in [0.1, 0.15) is 0 Å². The van der Waals surface area contributed by atoms with Gasteiger partial charge in [-0.05, 0) is 31.2 Å². The predicted octanol–water partition coefficient (Wildman–Crippen LogP) is 3.49. The van der Waals surface area contributed by atoms with Crippen molar-refractivity contribution in [1.29, 1.82) is 0 Å². The van der Waals surface area contributed by atoms with Crippen molar-refractivity contribution in [3.63, 3.8) is 0 Å². The van der Waals surface area contributed by atoms with Gasteiger partial charge in [-0.25, -0.2) is 4.79 Å². The lowest BCUT2D eigenvalue weighted by molar-refractivity contribution is -0.384. The van der Waals surface area contributed by atoms with E-state index in [9.17, 15) is 19.7 Å². The van der Waals surface area contributed by atoms with E-state index in [4.69, 9.17) is 33.0 Å². The highest BCUT2D eigenvalue weighted by atomic mass is 35.5. The Morgan fingerprint density at radius 3 is 2.59 bits per heavy atom. The molecule has 0 fully saturated rings. The van der Waals surface area contributed by atoms with E-state index in [1.807, 2.05) is 0 Å². The number of aliphatic hydroxyl groups is 1. The van der Waals surface area contributed by atoms with Crippen molar-refractivity contribution in [3.05, 3.63) is 62.1 Å². The summed E-state index contributed by atoms with van der Waals surface area (Å²) in [6, 6.07) is 8.04. The second-order valence-corrected chi connectivity index (χ2v) is 6.64. The molecule has 11 heteroatoms. The number of nitrogens with one attached hydrogen (secondary N) is 2. The van der Waals surface area contributed by atoms with E-state index in [1.54, 1.807) is 6.07 Å². The summed E-state index contributed by atoms with van der Waals surface area (Å²) in [6.45, 7) is 1.23. The first-order valence-electron chi connectivity index (χ1n) is 8.33. The number of non-ortho nitro benzene ring substituents is 1. The highest BCUT2D eigenvalue weighted by molar-refractivity contribution is 6.35. The standard InChI is InChI=1S/C18H17Cl2N3O6/c1-10(17(25)22-16-8-11(19)2-4-14(16)20)29-18(26)13-9-12(23(27)28)3-5-15(13)21-6-7-24/h2-5,8-10,21,24H,6-7H2,1H3,(H,22,25)/t10-/m1/s1. The maximum atomic E-state index is 12.5. The van der Waals surface area contributed by atoms with Crippen molar-refractivity contribution in [2.24, 2.45) is 0 Å². The third kappa shape index (κ3) is 6.05. The average Bonchev–Trinajstić information content (AvgIpc) is 2.68. The van der Waals surface area contributed by atoms with E-state index in [2.05, 4.69) is 10.6 Å². The zero-order chi connectivity index (χ0) is 21.6. The molecule has 154 valence electrons. The number of nitro groups is 1. The Morgan fingerprint density at radius 1 is 1.21 bits per heavy atom. The third-order valence-electron chi connectivity index (χ3n) is 3.70. The maximum Gasteiger partial charge on any atom is 0.341 e. The molecule has 0 heterocycles. The Kier molecular flexibility index (Phi) is 7.77. The number of amides is 1. The number of nitrogens with zero attached hydrogens (tertiary/aromatic N) is 1. The smallest absolute Gasteiger partial charge is 0.341 e. The molecule has 2 aromatic carbocycles. The minimum atomic E-state index is -1.23. The number of carbonyl (C=O) groups excluding carboxylic acids is 2. The largest absolute Gasteiger partial charge is 0.449 e. The molecular weight excluding hydrogens is 425 g/mol. The first kappa shape index (κ1) is 22.4. The van der Waals surface area contributed by atoms with Gasteiger partial charge >= 0.3 is 5.97 Å². The molecule has 3 N–H and O–H groups in total.